The number of benzene rings is 1. The van der Waals surface area contributed by atoms with Crippen molar-refractivity contribution in [2.75, 3.05) is 31.7 Å². The Labute approximate surface area is 275 Å². The highest BCUT2D eigenvalue weighted by molar-refractivity contribution is 5.95. The summed E-state index contributed by atoms with van der Waals surface area (Å²) in [6, 6.07) is 14.7. The van der Waals surface area contributed by atoms with Gasteiger partial charge in [0.15, 0.2) is 11.4 Å². The number of nitrogens with zero attached hydrogens (tertiary/aromatic N) is 5. The minimum atomic E-state index is -0.526. The summed E-state index contributed by atoms with van der Waals surface area (Å²) in [5.41, 5.74) is 4.23. The zero-order chi connectivity index (χ0) is 32.8. The van der Waals surface area contributed by atoms with Gasteiger partial charge in [0.2, 0.25) is 5.91 Å². The van der Waals surface area contributed by atoms with E-state index in [1.54, 1.807) is 7.11 Å². The normalized spacial score (nSPS) is 22.6. The lowest BCUT2D eigenvalue weighted by atomic mass is 9.79. The zero-order valence-corrected chi connectivity index (χ0v) is 27.0. The summed E-state index contributed by atoms with van der Waals surface area (Å²) in [4.78, 5) is 32.9. The third-order valence-electron chi connectivity index (χ3n) is 9.87. The summed E-state index contributed by atoms with van der Waals surface area (Å²) in [7, 11) is 1.55. The van der Waals surface area contributed by atoms with Gasteiger partial charge in [-0.25, -0.2) is 9.78 Å². The van der Waals surface area contributed by atoms with Crippen LogP contribution in [0.5, 0.6) is 5.75 Å². The number of aromatic nitrogens is 3. The standard InChI is InChI=1S/C36H44N6O5/c1-46-34-16-15-32(40-33(34)20-37)25-7-5-24(6-8-25)22-41(35(44)26-9-13-31(14-10-26)47-36(45)38-17-18-43)30-4-2-3-27(19-30)28-21-39-42(23-28)29-11-12-29/h2-4,15-16,19,21,23-26,29,31,43H,5-14,17-18,22H2,1H3,(H,38,45). The molecule has 0 atom stereocenters. The van der Waals surface area contributed by atoms with Crippen LogP contribution in [0.2, 0.25) is 0 Å². The number of aliphatic hydroxyl groups is 1. The third-order valence-corrected chi connectivity index (χ3v) is 9.87. The average Bonchev–Trinajstić information content (AvgIpc) is 3.85. The first-order chi connectivity index (χ1) is 22.9. The summed E-state index contributed by atoms with van der Waals surface area (Å²) in [5.74, 6) is 1.06. The summed E-state index contributed by atoms with van der Waals surface area (Å²) in [5, 5.41) is 25.6. The van der Waals surface area contributed by atoms with Crippen molar-refractivity contribution >= 4 is 17.7 Å². The second-order valence-electron chi connectivity index (χ2n) is 13.1. The molecule has 3 aromatic rings. The SMILES string of the molecule is COc1ccc(C2CCC(CN(C(=O)C3CCC(OC(=O)NCCO)CC3)c3cccc(-c4cnn(C5CC5)c4)c3)CC2)nc1C#N. The van der Waals surface area contributed by atoms with E-state index in [0.29, 0.717) is 55.6 Å². The summed E-state index contributed by atoms with van der Waals surface area (Å²) in [6.45, 7) is 0.649. The van der Waals surface area contributed by atoms with Crippen molar-refractivity contribution in [3.05, 3.63) is 60.2 Å². The highest BCUT2D eigenvalue weighted by atomic mass is 16.6. The van der Waals surface area contributed by atoms with Crippen LogP contribution in [0.3, 0.4) is 0 Å². The number of aliphatic hydroxyl groups excluding tert-OH is 1. The Balaban J connectivity index is 1.16. The van der Waals surface area contributed by atoms with E-state index >= 15 is 0 Å². The first-order valence-electron chi connectivity index (χ1n) is 16.9. The van der Waals surface area contributed by atoms with Crippen LogP contribution in [0.15, 0.2) is 48.8 Å². The average molecular weight is 641 g/mol. The summed E-state index contributed by atoms with van der Waals surface area (Å²) in [6.07, 6.45) is 11.9. The van der Waals surface area contributed by atoms with Crippen molar-refractivity contribution in [1.82, 2.24) is 20.1 Å². The van der Waals surface area contributed by atoms with Gasteiger partial charge in [0.05, 0.1) is 26.0 Å². The minimum Gasteiger partial charge on any atom is -0.494 e. The van der Waals surface area contributed by atoms with E-state index in [-0.39, 0.29) is 37.0 Å². The van der Waals surface area contributed by atoms with Gasteiger partial charge in [-0.05, 0) is 100.0 Å². The van der Waals surface area contributed by atoms with Crippen LogP contribution in [-0.2, 0) is 9.53 Å². The number of amides is 2. The second kappa shape index (κ2) is 15.0. The predicted octanol–water partition coefficient (Wildman–Crippen LogP) is 5.74. The Bertz CT molecular complexity index is 1580. The number of nitrogens with one attached hydrogen (secondary N) is 1. The Morgan fingerprint density at radius 2 is 1.83 bits per heavy atom. The van der Waals surface area contributed by atoms with Gasteiger partial charge < -0.3 is 24.8 Å². The maximum atomic E-state index is 14.3. The van der Waals surface area contributed by atoms with Crippen LogP contribution < -0.4 is 15.0 Å². The molecule has 6 rings (SSSR count). The Hall–Kier alpha value is -4.43. The number of hydrogen-bond acceptors (Lipinski definition) is 8. The molecule has 248 valence electrons. The topological polar surface area (TPSA) is 143 Å². The first kappa shape index (κ1) is 32.5. The zero-order valence-electron chi connectivity index (χ0n) is 27.0. The molecule has 3 aliphatic carbocycles. The quantitative estimate of drug-likeness (QED) is 0.270. The van der Waals surface area contributed by atoms with Gasteiger partial charge in [0, 0.05) is 48.1 Å². The van der Waals surface area contributed by atoms with E-state index in [1.165, 1.54) is 12.8 Å². The fraction of sp³-hybridized carbons (Fsp3) is 0.528. The number of carbonyl (C=O) groups is 2. The molecule has 2 aromatic heterocycles. The van der Waals surface area contributed by atoms with Gasteiger partial charge in [0.25, 0.3) is 0 Å². The van der Waals surface area contributed by atoms with Gasteiger partial charge in [-0.15, -0.1) is 0 Å². The van der Waals surface area contributed by atoms with E-state index < -0.39 is 6.09 Å². The van der Waals surface area contributed by atoms with Gasteiger partial charge in [-0.3, -0.25) is 9.48 Å². The number of alkyl carbamates (subject to hydrolysis) is 1. The minimum absolute atomic E-state index is 0.122. The van der Waals surface area contributed by atoms with Crippen molar-refractivity contribution in [3.63, 3.8) is 0 Å². The molecule has 0 spiro atoms. The van der Waals surface area contributed by atoms with Gasteiger partial charge in [0.1, 0.15) is 12.2 Å². The van der Waals surface area contributed by atoms with Crippen LogP contribution in [0, 0.1) is 23.2 Å². The molecular formula is C36H44N6O5. The third kappa shape index (κ3) is 7.93. The van der Waals surface area contributed by atoms with Crippen LogP contribution >= 0.6 is 0 Å². The monoisotopic (exact) mass is 640 g/mol. The fourth-order valence-corrected chi connectivity index (χ4v) is 7.03. The van der Waals surface area contributed by atoms with Crippen LogP contribution in [0.25, 0.3) is 11.1 Å². The Morgan fingerprint density at radius 3 is 2.53 bits per heavy atom. The highest BCUT2D eigenvalue weighted by Crippen LogP contribution is 2.39. The molecule has 3 fully saturated rings. The lowest BCUT2D eigenvalue weighted by Crippen LogP contribution is -2.42. The molecule has 3 aliphatic rings. The molecule has 0 aliphatic heterocycles. The summed E-state index contributed by atoms with van der Waals surface area (Å²) < 4.78 is 12.9. The molecule has 47 heavy (non-hydrogen) atoms. The highest BCUT2D eigenvalue weighted by Gasteiger charge is 2.34. The number of ether oxygens (including phenoxy) is 2. The number of anilines is 1. The first-order valence-corrected chi connectivity index (χ1v) is 16.9. The van der Waals surface area contributed by atoms with Crippen molar-refractivity contribution in [3.8, 4) is 22.9 Å². The molecule has 11 heteroatoms. The van der Waals surface area contributed by atoms with Crippen LogP contribution in [0.1, 0.15) is 87.6 Å². The number of pyridine rings is 1. The largest absolute Gasteiger partial charge is 0.494 e. The smallest absolute Gasteiger partial charge is 0.407 e. The van der Waals surface area contributed by atoms with E-state index in [2.05, 4.69) is 39.8 Å². The van der Waals surface area contributed by atoms with Gasteiger partial charge in [-0.2, -0.15) is 10.4 Å². The number of rotatable bonds is 11. The molecule has 0 saturated heterocycles. The number of carbonyl (C=O) groups excluding carboxylic acids is 2. The van der Waals surface area contributed by atoms with E-state index in [1.807, 2.05) is 40.0 Å². The molecule has 2 heterocycles. The lowest BCUT2D eigenvalue weighted by Gasteiger charge is -2.36. The van der Waals surface area contributed by atoms with Gasteiger partial charge >= 0.3 is 6.09 Å². The molecule has 1 aromatic carbocycles. The Morgan fingerprint density at radius 1 is 1.04 bits per heavy atom. The molecular weight excluding hydrogens is 596 g/mol. The maximum absolute atomic E-state index is 14.3. The van der Waals surface area contributed by atoms with E-state index in [0.717, 1.165) is 48.2 Å². The molecule has 3 saturated carbocycles. The number of methoxy groups -OCH3 is 1. The van der Waals surface area contributed by atoms with Gasteiger partial charge in [-0.1, -0.05) is 12.1 Å². The molecule has 0 unspecified atom stereocenters. The number of hydrogen-bond donors (Lipinski definition) is 2. The second-order valence-corrected chi connectivity index (χ2v) is 13.1. The van der Waals surface area contributed by atoms with Crippen LogP contribution in [-0.4, -0.2) is 64.8 Å². The molecule has 0 bridgehead atoms. The van der Waals surface area contributed by atoms with Crippen molar-refractivity contribution in [1.29, 1.82) is 5.26 Å². The van der Waals surface area contributed by atoms with Crippen molar-refractivity contribution < 1.29 is 24.2 Å². The Kier molecular flexibility index (Phi) is 10.4. The van der Waals surface area contributed by atoms with E-state index in [9.17, 15) is 14.9 Å². The van der Waals surface area contributed by atoms with E-state index in [4.69, 9.17) is 14.6 Å². The fourth-order valence-electron chi connectivity index (χ4n) is 7.03. The van der Waals surface area contributed by atoms with Crippen LogP contribution in [0.4, 0.5) is 10.5 Å². The predicted molar refractivity (Wildman–Crippen MR) is 176 cm³/mol. The molecule has 2 amide bonds. The van der Waals surface area contributed by atoms with Crippen molar-refractivity contribution in [2.45, 2.75) is 82.3 Å². The summed E-state index contributed by atoms with van der Waals surface area (Å²) >= 11 is 0. The maximum Gasteiger partial charge on any atom is 0.407 e. The molecule has 2 N–H and O–H groups in total. The lowest BCUT2D eigenvalue weighted by molar-refractivity contribution is -0.124. The number of nitriles is 1. The van der Waals surface area contributed by atoms with Crippen molar-refractivity contribution in [2.24, 2.45) is 11.8 Å². The molecule has 0 radical (unpaired) electrons. The molecule has 11 nitrogen and oxygen atoms in total.